The second-order valence-electron chi connectivity index (χ2n) is 8.45. The first-order valence-electron chi connectivity index (χ1n) is 11.0. The summed E-state index contributed by atoms with van der Waals surface area (Å²) in [5, 5.41) is 4.08. The van der Waals surface area contributed by atoms with Gasteiger partial charge in [-0.15, -0.1) is 0 Å². The number of hydrogen-bond donors (Lipinski definition) is 2. The summed E-state index contributed by atoms with van der Waals surface area (Å²) in [4.78, 5) is 6.61. The molecule has 2 aromatic carbocycles. The van der Waals surface area contributed by atoms with Crippen molar-refractivity contribution in [1.82, 2.24) is 4.98 Å². The molecule has 0 amide bonds. The van der Waals surface area contributed by atoms with E-state index < -0.39 is 15.8 Å². The molecule has 0 saturated heterocycles. The zero-order chi connectivity index (χ0) is 23.6. The zero-order valence-electron chi connectivity index (χ0n) is 18.5. The molecule has 1 aromatic heterocycles. The van der Waals surface area contributed by atoms with Crippen molar-refractivity contribution >= 4 is 32.2 Å². The number of aryl methyl sites for hydroxylation is 1. The number of nitrogens with one attached hydrogen (secondary N) is 1. The summed E-state index contributed by atoms with van der Waals surface area (Å²) in [5.74, 6) is -2.43. The fraction of sp³-hybridized carbons (Fsp3) is 0.375. The number of pyridine rings is 1. The molecular formula is C24H28F2N4O2S. The van der Waals surface area contributed by atoms with Crippen molar-refractivity contribution in [3.63, 3.8) is 0 Å². The summed E-state index contributed by atoms with van der Waals surface area (Å²) in [6.45, 7) is 2.74. The summed E-state index contributed by atoms with van der Waals surface area (Å²) < 4.78 is 53.6. The maximum absolute atomic E-state index is 14.7. The van der Waals surface area contributed by atoms with Crippen molar-refractivity contribution < 1.29 is 17.2 Å². The molecule has 176 valence electrons. The highest BCUT2D eigenvalue weighted by molar-refractivity contribution is 7.91. The van der Waals surface area contributed by atoms with Gasteiger partial charge in [0.25, 0.3) is 5.92 Å². The minimum Gasteiger partial charge on any atom is -0.383 e. The van der Waals surface area contributed by atoms with Gasteiger partial charge in [0.05, 0.1) is 17.0 Å². The molecule has 0 saturated carbocycles. The minimum atomic E-state index is -3.24. The number of hydrogen-bond acceptors (Lipinski definition) is 6. The van der Waals surface area contributed by atoms with Crippen molar-refractivity contribution in [2.45, 2.75) is 25.8 Å². The van der Waals surface area contributed by atoms with Crippen LogP contribution >= 0.6 is 0 Å². The molecule has 3 aromatic rings. The summed E-state index contributed by atoms with van der Waals surface area (Å²) in [5.41, 5.74) is 8.52. The van der Waals surface area contributed by atoms with Crippen LogP contribution in [0.2, 0.25) is 0 Å². The highest BCUT2D eigenvalue weighted by Crippen LogP contribution is 2.39. The first-order chi connectivity index (χ1) is 15.7. The third kappa shape index (κ3) is 5.25. The lowest BCUT2D eigenvalue weighted by molar-refractivity contribution is -0.00967. The number of sulfone groups is 1. The second kappa shape index (κ2) is 9.23. The summed E-state index contributed by atoms with van der Waals surface area (Å²) >= 11 is 0. The van der Waals surface area contributed by atoms with Gasteiger partial charge in [0.2, 0.25) is 0 Å². The number of anilines is 2. The van der Waals surface area contributed by atoms with E-state index in [4.69, 9.17) is 10.7 Å². The molecule has 2 heterocycles. The van der Waals surface area contributed by atoms with E-state index in [0.717, 1.165) is 22.2 Å². The Kier molecular flexibility index (Phi) is 6.54. The minimum absolute atomic E-state index is 0.0432. The maximum Gasteiger partial charge on any atom is 0.275 e. The number of aromatic nitrogens is 1. The van der Waals surface area contributed by atoms with Crippen LogP contribution in [0.5, 0.6) is 0 Å². The van der Waals surface area contributed by atoms with Crippen LogP contribution in [-0.2, 0) is 22.3 Å². The summed E-state index contributed by atoms with van der Waals surface area (Å²) in [7, 11) is -3.24. The Balaban J connectivity index is 1.68. The van der Waals surface area contributed by atoms with Gasteiger partial charge in [-0.1, -0.05) is 35.9 Å². The Morgan fingerprint density at radius 2 is 1.94 bits per heavy atom. The van der Waals surface area contributed by atoms with Gasteiger partial charge in [-0.2, -0.15) is 0 Å². The number of nitrogens with zero attached hydrogens (tertiary/aromatic N) is 2. The highest BCUT2D eigenvalue weighted by atomic mass is 32.2. The first kappa shape index (κ1) is 23.4. The van der Waals surface area contributed by atoms with Gasteiger partial charge in [0.1, 0.15) is 5.82 Å². The number of rotatable bonds is 7. The fourth-order valence-corrected chi connectivity index (χ4v) is 5.14. The van der Waals surface area contributed by atoms with Crippen LogP contribution in [0.3, 0.4) is 0 Å². The maximum atomic E-state index is 14.7. The van der Waals surface area contributed by atoms with E-state index in [1.165, 1.54) is 6.07 Å². The average Bonchev–Trinajstić information content (AvgIpc) is 2.90. The predicted molar refractivity (Wildman–Crippen MR) is 129 cm³/mol. The lowest BCUT2D eigenvalue weighted by Crippen LogP contribution is -2.25. The van der Waals surface area contributed by atoms with Crippen LogP contribution in [0.1, 0.15) is 23.1 Å². The van der Waals surface area contributed by atoms with Crippen LogP contribution in [0, 0.1) is 6.92 Å². The van der Waals surface area contributed by atoms with Crippen LogP contribution in [0.4, 0.5) is 20.3 Å². The quantitative estimate of drug-likeness (QED) is 0.541. The Morgan fingerprint density at radius 3 is 2.73 bits per heavy atom. The number of fused-ring (bicyclic) bond motifs is 2. The van der Waals surface area contributed by atoms with Crippen molar-refractivity contribution in [3.8, 4) is 0 Å². The van der Waals surface area contributed by atoms with Crippen molar-refractivity contribution in [2.75, 3.05) is 41.4 Å². The smallest absolute Gasteiger partial charge is 0.275 e. The van der Waals surface area contributed by atoms with Gasteiger partial charge < -0.3 is 16.0 Å². The standard InChI is InChI=1S/C24H28F2N4O2S/c1-17-6-7-21-19(14-17)22(28-10-13-33(31,32)12-9-27)15-23(29-21)30-11-8-24(25,26)20-5-3-2-4-18(20)16-30/h2-7,14-15H,8-13,16,27H2,1H3,(H,28,29). The van der Waals surface area contributed by atoms with Gasteiger partial charge in [0.15, 0.2) is 9.84 Å². The Hall–Kier alpha value is -2.78. The van der Waals surface area contributed by atoms with E-state index in [1.54, 1.807) is 18.2 Å². The number of nitrogens with two attached hydrogens (primary N) is 1. The average molecular weight is 475 g/mol. The van der Waals surface area contributed by atoms with Gasteiger partial charge in [0, 0.05) is 55.3 Å². The number of halogens is 2. The molecule has 0 bridgehead atoms. The lowest BCUT2D eigenvalue weighted by Gasteiger charge is -2.24. The third-order valence-electron chi connectivity index (χ3n) is 5.90. The highest BCUT2D eigenvalue weighted by Gasteiger charge is 2.37. The second-order valence-corrected chi connectivity index (χ2v) is 10.8. The fourth-order valence-electron chi connectivity index (χ4n) is 4.16. The Bertz CT molecular complexity index is 1260. The van der Waals surface area contributed by atoms with Crippen LogP contribution < -0.4 is 16.0 Å². The van der Waals surface area contributed by atoms with Gasteiger partial charge in [-0.05, 0) is 24.6 Å². The van der Waals surface area contributed by atoms with E-state index in [2.05, 4.69) is 5.32 Å². The van der Waals surface area contributed by atoms with Gasteiger partial charge in [-0.25, -0.2) is 22.2 Å². The summed E-state index contributed by atoms with van der Waals surface area (Å²) in [6.07, 6.45) is -0.308. The molecule has 0 fully saturated rings. The molecule has 9 heteroatoms. The molecular weight excluding hydrogens is 446 g/mol. The zero-order valence-corrected chi connectivity index (χ0v) is 19.3. The molecule has 3 N–H and O–H groups in total. The number of benzene rings is 2. The molecule has 4 rings (SSSR count). The molecule has 0 radical (unpaired) electrons. The monoisotopic (exact) mass is 474 g/mol. The largest absolute Gasteiger partial charge is 0.383 e. The van der Waals surface area contributed by atoms with Crippen molar-refractivity contribution in [3.05, 3.63) is 65.2 Å². The first-order valence-corrected chi connectivity index (χ1v) is 12.8. The molecule has 0 unspecified atom stereocenters. The van der Waals surface area contributed by atoms with E-state index in [9.17, 15) is 17.2 Å². The van der Waals surface area contributed by atoms with E-state index in [1.807, 2.05) is 36.1 Å². The van der Waals surface area contributed by atoms with Crippen LogP contribution in [0.25, 0.3) is 10.9 Å². The molecule has 33 heavy (non-hydrogen) atoms. The van der Waals surface area contributed by atoms with E-state index in [-0.39, 0.29) is 43.1 Å². The third-order valence-corrected chi connectivity index (χ3v) is 7.58. The SMILES string of the molecule is Cc1ccc2nc(N3CCC(F)(F)c4ccccc4C3)cc(NCCS(=O)(=O)CCN)c2c1. The summed E-state index contributed by atoms with van der Waals surface area (Å²) in [6, 6.07) is 14.3. The van der Waals surface area contributed by atoms with Crippen LogP contribution in [-0.4, -0.2) is 44.5 Å². The molecule has 1 aliphatic rings. The molecule has 0 atom stereocenters. The topological polar surface area (TPSA) is 88.3 Å². The number of alkyl halides is 2. The van der Waals surface area contributed by atoms with E-state index >= 15 is 0 Å². The Labute approximate surface area is 192 Å². The van der Waals surface area contributed by atoms with Gasteiger partial charge in [-0.3, -0.25) is 0 Å². The molecule has 6 nitrogen and oxygen atoms in total. The van der Waals surface area contributed by atoms with Crippen molar-refractivity contribution in [2.24, 2.45) is 5.73 Å². The molecule has 0 aliphatic carbocycles. The molecule has 0 spiro atoms. The van der Waals surface area contributed by atoms with Gasteiger partial charge >= 0.3 is 0 Å². The Morgan fingerprint density at radius 1 is 1.15 bits per heavy atom. The molecule has 1 aliphatic heterocycles. The normalized spacial score (nSPS) is 15.8. The van der Waals surface area contributed by atoms with Crippen molar-refractivity contribution in [1.29, 1.82) is 0 Å². The predicted octanol–water partition coefficient (Wildman–Crippen LogP) is 3.83. The van der Waals surface area contributed by atoms with E-state index in [0.29, 0.717) is 17.9 Å². The van der Waals surface area contributed by atoms with Crippen LogP contribution in [0.15, 0.2) is 48.5 Å². The lowest BCUT2D eigenvalue weighted by atomic mass is 10.0.